The van der Waals surface area contributed by atoms with Crippen LogP contribution in [0, 0.1) is 11.3 Å². The van der Waals surface area contributed by atoms with Gasteiger partial charge in [0.15, 0.2) is 5.60 Å². The quantitative estimate of drug-likeness (QED) is 0.731. The van der Waals surface area contributed by atoms with Crippen LogP contribution in [0.1, 0.15) is 18.4 Å². The molecule has 1 aliphatic rings. The number of hydrogen-bond donors (Lipinski definition) is 1. The number of aliphatic hydroxyl groups is 1. The largest absolute Gasteiger partial charge is 0.456 e. The molecule has 4 rings (SSSR count). The van der Waals surface area contributed by atoms with Crippen LogP contribution in [0.4, 0.5) is 0 Å². The third-order valence-electron chi connectivity index (χ3n) is 4.95. The first-order valence-electron chi connectivity index (χ1n) is 8.40. The highest BCUT2D eigenvalue weighted by molar-refractivity contribution is 6.05. The highest BCUT2D eigenvalue weighted by Gasteiger charge is 2.33. The molecule has 2 heterocycles. The SMILES string of the molecule is N#CC1(O)CCN(C(=O)Cc2ccc3oc4ccccc4c3c2)CC1. The maximum Gasteiger partial charge on any atom is 0.226 e. The predicted molar refractivity (Wildman–Crippen MR) is 93.8 cm³/mol. The van der Waals surface area contributed by atoms with Crippen LogP contribution in [-0.2, 0) is 11.2 Å². The Balaban J connectivity index is 1.54. The Kier molecular flexibility index (Phi) is 3.70. The smallest absolute Gasteiger partial charge is 0.226 e. The molecule has 0 saturated carbocycles. The molecule has 0 spiro atoms. The van der Waals surface area contributed by atoms with Crippen LogP contribution < -0.4 is 0 Å². The van der Waals surface area contributed by atoms with Crippen LogP contribution in [-0.4, -0.2) is 34.6 Å². The number of nitriles is 1. The standard InChI is InChI=1S/C20H18N2O3/c21-13-20(24)7-9-22(10-8-20)19(23)12-14-5-6-18-16(11-14)15-3-1-2-4-17(15)25-18/h1-6,11,24H,7-10,12H2. The van der Waals surface area contributed by atoms with E-state index < -0.39 is 5.60 Å². The minimum atomic E-state index is -1.29. The zero-order valence-electron chi connectivity index (χ0n) is 13.7. The summed E-state index contributed by atoms with van der Waals surface area (Å²) in [4.78, 5) is 14.3. The molecule has 0 atom stereocenters. The van der Waals surface area contributed by atoms with Crippen LogP contribution in [0.15, 0.2) is 46.9 Å². The maximum absolute atomic E-state index is 12.5. The number of benzene rings is 2. The van der Waals surface area contributed by atoms with Crippen molar-refractivity contribution >= 4 is 27.8 Å². The zero-order valence-corrected chi connectivity index (χ0v) is 13.7. The molecular formula is C20H18N2O3. The van der Waals surface area contributed by atoms with Crippen LogP contribution in [0.25, 0.3) is 21.9 Å². The molecule has 126 valence electrons. The highest BCUT2D eigenvalue weighted by Crippen LogP contribution is 2.29. The number of para-hydroxylation sites is 1. The molecule has 0 radical (unpaired) electrons. The zero-order chi connectivity index (χ0) is 17.4. The highest BCUT2D eigenvalue weighted by atomic mass is 16.3. The number of furan rings is 1. The Morgan fingerprint density at radius 2 is 1.88 bits per heavy atom. The Morgan fingerprint density at radius 3 is 2.64 bits per heavy atom. The average molecular weight is 334 g/mol. The molecule has 5 nitrogen and oxygen atoms in total. The van der Waals surface area contributed by atoms with E-state index in [1.165, 1.54) is 0 Å². The van der Waals surface area contributed by atoms with Crippen molar-refractivity contribution in [1.29, 1.82) is 5.26 Å². The Labute approximate surface area is 145 Å². The molecule has 1 aromatic heterocycles. The van der Waals surface area contributed by atoms with Crippen molar-refractivity contribution in [2.75, 3.05) is 13.1 Å². The summed E-state index contributed by atoms with van der Waals surface area (Å²) in [6.45, 7) is 0.833. The van der Waals surface area contributed by atoms with Gasteiger partial charge in [-0.2, -0.15) is 5.26 Å². The lowest BCUT2D eigenvalue weighted by Crippen LogP contribution is -2.46. The second-order valence-corrected chi connectivity index (χ2v) is 6.63. The van der Waals surface area contributed by atoms with Crippen molar-refractivity contribution in [1.82, 2.24) is 4.90 Å². The summed E-state index contributed by atoms with van der Waals surface area (Å²) in [6, 6.07) is 15.6. The Hall–Kier alpha value is -2.84. The van der Waals surface area contributed by atoms with Crippen molar-refractivity contribution in [2.24, 2.45) is 0 Å². The van der Waals surface area contributed by atoms with Crippen molar-refractivity contribution < 1.29 is 14.3 Å². The fourth-order valence-electron chi connectivity index (χ4n) is 3.41. The minimum Gasteiger partial charge on any atom is -0.456 e. The summed E-state index contributed by atoms with van der Waals surface area (Å²) in [5.74, 6) is 0.0205. The number of fused-ring (bicyclic) bond motifs is 3. The van der Waals surface area contributed by atoms with Gasteiger partial charge >= 0.3 is 0 Å². The molecule has 2 aromatic carbocycles. The molecular weight excluding hydrogens is 316 g/mol. The molecule has 3 aromatic rings. The fraction of sp³-hybridized carbons (Fsp3) is 0.300. The van der Waals surface area contributed by atoms with Gasteiger partial charge in [-0.25, -0.2) is 0 Å². The first-order chi connectivity index (χ1) is 12.1. The third kappa shape index (κ3) is 2.86. The number of amides is 1. The molecule has 0 bridgehead atoms. The number of likely N-dealkylation sites (tertiary alicyclic amines) is 1. The first kappa shape index (κ1) is 15.7. The Bertz CT molecular complexity index is 991. The number of rotatable bonds is 2. The molecule has 0 aliphatic carbocycles. The van der Waals surface area contributed by atoms with Gasteiger partial charge in [0.05, 0.1) is 12.5 Å². The van der Waals surface area contributed by atoms with Gasteiger partial charge in [-0.3, -0.25) is 4.79 Å². The first-order valence-corrected chi connectivity index (χ1v) is 8.40. The van der Waals surface area contributed by atoms with E-state index in [1.54, 1.807) is 4.90 Å². The summed E-state index contributed by atoms with van der Waals surface area (Å²) >= 11 is 0. The number of piperidine rings is 1. The summed E-state index contributed by atoms with van der Waals surface area (Å²) < 4.78 is 5.81. The summed E-state index contributed by atoms with van der Waals surface area (Å²) in [6.07, 6.45) is 0.918. The summed E-state index contributed by atoms with van der Waals surface area (Å²) in [5, 5.41) is 21.0. The molecule has 1 fully saturated rings. The number of nitrogens with zero attached hydrogens (tertiary/aromatic N) is 2. The van der Waals surface area contributed by atoms with Crippen molar-refractivity contribution in [3.8, 4) is 6.07 Å². The molecule has 25 heavy (non-hydrogen) atoms. The van der Waals surface area contributed by atoms with Gasteiger partial charge in [0.2, 0.25) is 5.91 Å². The van der Waals surface area contributed by atoms with E-state index in [0.29, 0.717) is 32.4 Å². The molecule has 1 aliphatic heterocycles. The molecule has 1 N–H and O–H groups in total. The molecule has 1 amide bonds. The summed E-state index contributed by atoms with van der Waals surface area (Å²) in [5.41, 5.74) is 1.30. The van der Waals surface area contributed by atoms with Gasteiger partial charge in [-0.05, 0) is 23.8 Å². The summed E-state index contributed by atoms with van der Waals surface area (Å²) in [7, 11) is 0. The van der Waals surface area contributed by atoms with E-state index in [2.05, 4.69) is 0 Å². The number of carbonyl (C=O) groups excluding carboxylic acids is 1. The molecule has 1 saturated heterocycles. The normalized spacial score (nSPS) is 16.9. The Morgan fingerprint density at radius 1 is 1.16 bits per heavy atom. The fourth-order valence-corrected chi connectivity index (χ4v) is 3.41. The second-order valence-electron chi connectivity index (χ2n) is 6.63. The van der Waals surface area contributed by atoms with E-state index in [9.17, 15) is 9.90 Å². The number of carbonyl (C=O) groups is 1. The van der Waals surface area contributed by atoms with Gasteiger partial charge < -0.3 is 14.4 Å². The molecule has 5 heteroatoms. The lowest BCUT2D eigenvalue weighted by molar-refractivity contribution is -0.133. The van der Waals surface area contributed by atoms with Gasteiger partial charge in [0.1, 0.15) is 11.2 Å². The van der Waals surface area contributed by atoms with Gasteiger partial charge in [-0.1, -0.05) is 24.3 Å². The topological polar surface area (TPSA) is 77.5 Å². The second kappa shape index (κ2) is 5.91. The number of hydrogen-bond acceptors (Lipinski definition) is 4. The van der Waals surface area contributed by atoms with Crippen molar-refractivity contribution in [3.63, 3.8) is 0 Å². The maximum atomic E-state index is 12.5. The predicted octanol–water partition coefficient (Wildman–Crippen LogP) is 3.01. The van der Waals surface area contributed by atoms with Crippen LogP contribution in [0.2, 0.25) is 0 Å². The minimum absolute atomic E-state index is 0.0205. The van der Waals surface area contributed by atoms with Crippen molar-refractivity contribution in [2.45, 2.75) is 24.9 Å². The van der Waals surface area contributed by atoms with E-state index >= 15 is 0 Å². The van der Waals surface area contributed by atoms with Gasteiger partial charge in [0, 0.05) is 36.7 Å². The van der Waals surface area contributed by atoms with E-state index in [4.69, 9.17) is 9.68 Å². The van der Waals surface area contributed by atoms with Gasteiger partial charge in [0.25, 0.3) is 0 Å². The van der Waals surface area contributed by atoms with Crippen LogP contribution >= 0.6 is 0 Å². The third-order valence-corrected chi connectivity index (χ3v) is 4.95. The monoisotopic (exact) mass is 334 g/mol. The van der Waals surface area contributed by atoms with Crippen molar-refractivity contribution in [3.05, 3.63) is 48.0 Å². The van der Waals surface area contributed by atoms with E-state index in [-0.39, 0.29) is 5.91 Å². The average Bonchev–Trinajstić information content (AvgIpc) is 3.00. The van der Waals surface area contributed by atoms with Crippen LogP contribution in [0.5, 0.6) is 0 Å². The molecule has 0 unspecified atom stereocenters. The van der Waals surface area contributed by atoms with E-state index in [1.807, 2.05) is 48.5 Å². The lowest BCUT2D eigenvalue weighted by atomic mass is 9.93. The lowest BCUT2D eigenvalue weighted by Gasteiger charge is -2.34. The van der Waals surface area contributed by atoms with Crippen LogP contribution in [0.3, 0.4) is 0 Å². The van der Waals surface area contributed by atoms with E-state index in [0.717, 1.165) is 27.5 Å². The van der Waals surface area contributed by atoms with Gasteiger partial charge in [-0.15, -0.1) is 0 Å².